The first kappa shape index (κ1) is 25.9. The summed E-state index contributed by atoms with van der Waals surface area (Å²) in [5.74, 6) is -0.411. The maximum Gasteiger partial charge on any atom is 0.339 e. The largest absolute Gasteiger partial charge is 0.493 e. The van der Waals surface area contributed by atoms with Gasteiger partial charge in [0.15, 0.2) is 16.7 Å². The van der Waals surface area contributed by atoms with Crippen LogP contribution in [0.3, 0.4) is 0 Å². The number of benzene rings is 3. The number of amidine groups is 1. The SMILES string of the molecule is COc1cc(/C=N\N=C2\NC(=O)[C@H](CC(=O)Nc3ccccc3)S2)ccc1OS(=O)(=O)c1ccccc1. The molecule has 10 nitrogen and oxygen atoms in total. The summed E-state index contributed by atoms with van der Waals surface area (Å²) in [6.07, 6.45) is 1.39. The normalized spacial score (nSPS) is 16.5. The van der Waals surface area contributed by atoms with Crippen molar-refractivity contribution in [1.82, 2.24) is 5.32 Å². The summed E-state index contributed by atoms with van der Waals surface area (Å²) in [7, 11) is -2.64. The number of thioether (sulfide) groups is 1. The van der Waals surface area contributed by atoms with Crippen molar-refractivity contribution in [2.75, 3.05) is 12.4 Å². The van der Waals surface area contributed by atoms with Gasteiger partial charge in [-0.1, -0.05) is 48.2 Å². The van der Waals surface area contributed by atoms with Crippen molar-refractivity contribution >= 4 is 50.8 Å². The number of anilines is 1. The van der Waals surface area contributed by atoms with E-state index in [2.05, 4.69) is 20.8 Å². The van der Waals surface area contributed by atoms with Gasteiger partial charge in [0, 0.05) is 12.1 Å². The Hall–Kier alpha value is -4.16. The quantitative estimate of drug-likeness (QED) is 0.242. The van der Waals surface area contributed by atoms with Crippen molar-refractivity contribution in [2.24, 2.45) is 10.2 Å². The number of rotatable bonds is 9. The van der Waals surface area contributed by atoms with E-state index in [9.17, 15) is 18.0 Å². The monoisotopic (exact) mass is 538 g/mol. The first-order valence-corrected chi connectivity index (χ1v) is 13.2. The van der Waals surface area contributed by atoms with E-state index in [4.69, 9.17) is 8.92 Å². The van der Waals surface area contributed by atoms with Gasteiger partial charge in [0.05, 0.1) is 13.3 Å². The minimum absolute atomic E-state index is 0.0152. The first-order chi connectivity index (χ1) is 17.8. The number of nitrogens with zero attached hydrogens (tertiary/aromatic N) is 2. The van der Waals surface area contributed by atoms with Gasteiger partial charge in [0.25, 0.3) is 0 Å². The van der Waals surface area contributed by atoms with Crippen molar-refractivity contribution in [1.29, 1.82) is 0 Å². The molecule has 1 aliphatic rings. The molecule has 0 spiro atoms. The van der Waals surface area contributed by atoms with E-state index < -0.39 is 15.4 Å². The minimum atomic E-state index is -4.03. The predicted molar refractivity (Wildman–Crippen MR) is 141 cm³/mol. The van der Waals surface area contributed by atoms with Crippen LogP contribution in [-0.2, 0) is 19.7 Å². The van der Waals surface area contributed by atoms with Crippen molar-refractivity contribution < 1.29 is 26.9 Å². The molecule has 2 amide bonds. The number of carbonyl (C=O) groups excluding carboxylic acids is 2. The molecular weight excluding hydrogens is 516 g/mol. The van der Waals surface area contributed by atoms with Crippen LogP contribution in [0.4, 0.5) is 5.69 Å². The van der Waals surface area contributed by atoms with Crippen LogP contribution in [0.25, 0.3) is 0 Å². The third-order valence-electron chi connectivity index (χ3n) is 4.98. The fourth-order valence-electron chi connectivity index (χ4n) is 3.22. The number of hydrogen-bond donors (Lipinski definition) is 2. The van der Waals surface area contributed by atoms with Crippen LogP contribution in [0.1, 0.15) is 12.0 Å². The summed E-state index contributed by atoms with van der Waals surface area (Å²) in [5.41, 5.74) is 1.21. The van der Waals surface area contributed by atoms with Crippen LogP contribution in [0, 0.1) is 0 Å². The molecule has 0 saturated carbocycles. The maximum atomic E-state index is 12.5. The molecule has 1 heterocycles. The summed E-state index contributed by atoms with van der Waals surface area (Å²) in [6.45, 7) is 0. The summed E-state index contributed by atoms with van der Waals surface area (Å²) in [6, 6.07) is 21.3. The van der Waals surface area contributed by atoms with Crippen LogP contribution in [0.15, 0.2) is 94.0 Å². The van der Waals surface area contributed by atoms with Crippen LogP contribution in [-0.4, -0.2) is 44.0 Å². The summed E-state index contributed by atoms with van der Waals surface area (Å²) >= 11 is 1.11. The lowest BCUT2D eigenvalue weighted by Gasteiger charge is -2.11. The van der Waals surface area contributed by atoms with E-state index in [1.165, 1.54) is 37.6 Å². The van der Waals surface area contributed by atoms with Crippen LogP contribution < -0.4 is 19.6 Å². The fourth-order valence-corrected chi connectivity index (χ4v) is 5.11. The highest BCUT2D eigenvalue weighted by molar-refractivity contribution is 8.15. The molecule has 3 aromatic rings. The summed E-state index contributed by atoms with van der Waals surface area (Å²) in [4.78, 5) is 24.5. The fraction of sp³-hybridized carbons (Fsp3) is 0.120. The highest BCUT2D eigenvalue weighted by atomic mass is 32.2. The Bertz CT molecular complexity index is 1440. The lowest BCUT2D eigenvalue weighted by molar-refractivity contribution is -0.122. The molecule has 0 aliphatic carbocycles. The zero-order valence-electron chi connectivity index (χ0n) is 19.5. The average Bonchev–Trinajstić information content (AvgIpc) is 3.24. The third kappa shape index (κ3) is 6.96. The Kier molecular flexibility index (Phi) is 8.21. The van der Waals surface area contributed by atoms with Crippen molar-refractivity contribution in [3.05, 3.63) is 84.4 Å². The van der Waals surface area contributed by atoms with E-state index >= 15 is 0 Å². The Labute approximate surface area is 217 Å². The van der Waals surface area contributed by atoms with Crippen molar-refractivity contribution in [3.8, 4) is 11.5 Å². The molecular formula is C25H22N4O6S2. The predicted octanol–water partition coefficient (Wildman–Crippen LogP) is 3.41. The zero-order valence-corrected chi connectivity index (χ0v) is 21.2. The van der Waals surface area contributed by atoms with E-state index in [-0.39, 0.29) is 39.8 Å². The van der Waals surface area contributed by atoms with Gasteiger partial charge < -0.3 is 19.6 Å². The molecule has 4 rings (SSSR count). The number of hydrogen-bond acceptors (Lipinski definition) is 9. The molecule has 3 aromatic carbocycles. The number of carbonyl (C=O) groups is 2. The molecule has 0 unspecified atom stereocenters. The van der Waals surface area contributed by atoms with Gasteiger partial charge in [-0.2, -0.15) is 13.5 Å². The van der Waals surface area contributed by atoms with Gasteiger partial charge in [0.1, 0.15) is 10.1 Å². The molecule has 1 atom stereocenters. The maximum absolute atomic E-state index is 12.5. The standard InChI is InChI=1S/C25H22N4O6S2/c1-34-21-14-17(12-13-20(21)35-37(32,33)19-10-6-3-7-11-19)16-26-29-25-28-24(31)22(36-25)15-23(30)27-18-8-4-2-5-9-18/h2-14,16,22H,15H2,1H3,(H,27,30)(H,28,29,31)/b26-16-/t22-/m0/s1. The number of nitrogens with one attached hydrogen (secondary N) is 2. The number of ether oxygens (including phenoxy) is 1. The number of para-hydroxylation sites is 1. The van der Waals surface area contributed by atoms with Gasteiger partial charge >= 0.3 is 10.1 Å². The Morgan fingerprint density at radius 2 is 1.76 bits per heavy atom. The molecule has 1 aliphatic heterocycles. The van der Waals surface area contributed by atoms with E-state index in [0.29, 0.717) is 11.3 Å². The molecule has 0 bridgehead atoms. The summed E-state index contributed by atoms with van der Waals surface area (Å²) < 4.78 is 35.5. The van der Waals surface area contributed by atoms with Gasteiger partial charge in [0.2, 0.25) is 11.8 Å². The lowest BCUT2D eigenvalue weighted by Crippen LogP contribution is -2.28. The smallest absolute Gasteiger partial charge is 0.339 e. The van der Waals surface area contributed by atoms with Gasteiger partial charge in [-0.3, -0.25) is 9.59 Å². The Morgan fingerprint density at radius 3 is 2.46 bits per heavy atom. The van der Waals surface area contributed by atoms with Crippen molar-refractivity contribution in [2.45, 2.75) is 16.6 Å². The minimum Gasteiger partial charge on any atom is -0.493 e. The number of amides is 2. The molecule has 2 N–H and O–H groups in total. The van der Waals surface area contributed by atoms with E-state index in [1.807, 2.05) is 6.07 Å². The third-order valence-corrected chi connectivity index (χ3v) is 7.30. The first-order valence-electron chi connectivity index (χ1n) is 10.9. The Balaban J connectivity index is 1.37. The van der Waals surface area contributed by atoms with Gasteiger partial charge in [-0.05, 0) is 48.0 Å². The number of methoxy groups -OCH3 is 1. The van der Waals surface area contributed by atoms with Crippen molar-refractivity contribution in [3.63, 3.8) is 0 Å². The molecule has 37 heavy (non-hydrogen) atoms. The summed E-state index contributed by atoms with van der Waals surface area (Å²) in [5, 5.41) is 13.0. The Morgan fingerprint density at radius 1 is 1.05 bits per heavy atom. The van der Waals surface area contributed by atoms with E-state index in [1.54, 1.807) is 48.5 Å². The van der Waals surface area contributed by atoms with Gasteiger partial charge in [-0.15, -0.1) is 5.10 Å². The second kappa shape index (κ2) is 11.7. The molecule has 12 heteroatoms. The average molecular weight is 539 g/mol. The van der Waals surface area contributed by atoms with Crippen LogP contribution in [0.5, 0.6) is 11.5 Å². The topological polar surface area (TPSA) is 136 Å². The van der Waals surface area contributed by atoms with Crippen LogP contribution >= 0.6 is 11.8 Å². The lowest BCUT2D eigenvalue weighted by atomic mass is 10.2. The molecule has 1 saturated heterocycles. The molecule has 0 radical (unpaired) electrons. The zero-order chi connectivity index (χ0) is 26.3. The van der Waals surface area contributed by atoms with E-state index in [0.717, 1.165) is 11.8 Å². The molecule has 1 fully saturated rings. The highest BCUT2D eigenvalue weighted by Crippen LogP contribution is 2.30. The second-order valence-electron chi connectivity index (χ2n) is 7.62. The second-order valence-corrected chi connectivity index (χ2v) is 10.4. The highest BCUT2D eigenvalue weighted by Gasteiger charge is 2.32. The molecule has 190 valence electrons. The van der Waals surface area contributed by atoms with Gasteiger partial charge in [-0.25, -0.2) is 0 Å². The molecule has 0 aromatic heterocycles. The van der Waals surface area contributed by atoms with Crippen LogP contribution in [0.2, 0.25) is 0 Å².